The average molecular weight is 249 g/mol. The first kappa shape index (κ1) is 10.5. The Morgan fingerprint density at radius 2 is 2.08 bits per heavy atom. The van der Waals surface area contributed by atoms with Crippen LogP contribution in [-0.4, -0.2) is 14.2 Å². The maximum Gasteiger partial charge on any atom is 0.168 e. The molecule has 72 valence electrons. The first-order chi connectivity index (χ1) is 6.19. The van der Waals surface area contributed by atoms with Gasteiger partial charge in [-0.05, 0) is 33.6 Å². The topological polar surface area (TPSA) is 18.5 Å². The highest BCUT2D eigenvalue weighted by atomic mass is 79.9. The summed E-state index contributed by atoms with van der Waals surface area (Å²) < 4.78 is 23.6. The Bertz CT molecular complexity index is 279. The lowest BCUT2D eigenvalue weighted by Gasteiger charge is -2.07. The SMILES string of the molecule is COCc1cc(F)c(OC)c(Br)c1. The van der Waals surface area contributed by atoms with Gasteiger partial charge in [-0.1, -0.05) is 0 Å². The quantitative estimate of drug-likeness (QED) is 0.819. The van der Waals surface area contributed by atoms with E-state index in [-0.39, 0.29) is 11.6 Å². The smallest absolute Gasteiger partial charge is 0.168 e. The molecule has 0 aliphatic rings. The van der Waals surface area contributed by atoms with Crippen LogP contribution in [0.25, 0.3) is 0 Å². The highest BCUT2D eigenvalue weighted by Gasteiger charge is 2.08. The molecule has 0 heterocycles. The summed E-state index contributed by atoms with van der Waals surface area (Å²) in [5, 5.41) is 0. The van der Waals surface area contributed by atoms with E-state index < -0.39 is 0 Å². The Hall–Kier alpha value is -0.610. The average Bonchev–Trinajstić information content (AvgIpc) is 2.04. The third-order valence-corrected chi connectivity index (χ3v) is 2.16. The van der Waals surface area contributed by atoms with E-state index in [9.17, 15) is 4.39 Å². The first-order valence-corrected chi connectivity index (χ1v) is 4.49. The predicted molar refractivity (Wildman–Crippen MR) is 51.4 cm³/mol. The molecule has 0 fully saturated rings. The fourth-order valence-corrected chi connectivity index (χ4v) is 1.70. The second-order valence-electron chi connectivity index (χ2n) is 2.53. The number of halogens is 2. The molecular weight excluding hydrogens is 239 g/mol. The van der Waals surface area contributed by atoms with E-state index in [0.29, 0.717) is 11.1 Å². The van der Waals surface area contributed by atoms with Crippen molar-refractivity contribution in [1.82, 2.24) is 0 Å². The van der Waals surface area contributed by atoms with Crippen molar-refractivity contribution in [1.29, 1.82) is 0 Å². The molecule has 0 atom stereocenters. The van der Waals surface area contributed by atoms with E-state index in [1.807, 2.05) is 0 Å². The predicted octanol–water partition coefficient (Wildman–Crippen LogP) is 2.74. The molecule has 0 bridgehead atoms. The van der Waals surface area contributed by atoms with Crippen LogP contribution < -0.4 is 4.74 Å². The van der Waals surface area contributed by atoms with Crippen LogP contribution in [-0.2, 0) is 11.3 Å². The molecule has 4 heteroatoms. The van der Waals surface area contributed by atoms with Gasteiger partial charge in [-0.2, -0.15) is 0 Å². The fourth-order valence-electron chi connectivity index (χ4n) is 1.06. The lowest BCUT2D eigenvalue weighted by molar-refractivity contribution is 0.184. The second kappa shape index (κ2) is 4.58. The molecule has 0 spiro atoms. The minimum Gasteiger partial charge on any atom is -0.492 e. The molecule has 1 aromatic rings. The molecule has 0 amide bonds. The number of rotatable bonds is 3. The molecule has 0 aliphatic carbocycles. The van der Waals surface area contributed by atoms with Crippen LogP contribution in [0, 0.1) is 5.82 Å². The summed E-state index contributed by atoms with van der Waals surface area (Å²) >= 11 is 3.21. The summed E-state index contributed by atoms with van der Waals surface area (Å²) in [5.74, 6) is -0.163. The lowest BCUT2D eigenvalue weighted by Crippen LogP contribution is -1.94. The van der Waals surface area contributed by atoms with Gasteiger partial charge in [0.25, 0.3) is 0 Å². The molecule has 13 heavy (non-hydrogen) atoms. The van der Waals surface area contributed by atoms with Crippen molar-refractivity contribution in [3.05, 3.63) is 28.0 Å². The van der Waals surface area contributed by atoms with E-state index in [1.54, 1.807) is 13.2 Å². The van der Waals surface area contributed by atoms with Crippen molar-refractivity contribution in [2.24, 2.45) is 0 Å². The van der Waals surface area contributed by atoms with Crippen molar-refractivity contribution in [3.8, 4) is 5.75 Å². The van der Waals surface area contributed by atoms with Gasteiger partial charge in [0.15, 0.2) is 11.6 Å². The number of hydrogen-bond donors (Lipinski definition) is 0. The molecule has 0 saturated heterocycles. The Labute approximate surface area is 84.8 Å². The van der Waals surface area contributed by atoms with Gasteiger partial charge in [0.1, 0.15) is 0 Å². The minimum absolute atomic E-state index is 0.222. The van der Waals surface area contributed by atoms with Crippen LogP contribution in [0.2, 0.25) is 0 Å². The highest BCUT2D eigenvalue weighted by molar-refractivity contribution is 9.10. The lowest BCUT2D eigenvalue weighted by atomic mass is 10.2. The monoisotopic (exact) mass is 248 g/mol. The van der Waals surface area contributed by atoms with E-state index in [1.165, 1.54) is 13.2 Å². The van der Waals surface area contributed by atoms with Gasteiger partial charge in [0, 0.05) is 7.11 Å². The second-order valence-corrected chi connectivity index (χ2v) is 3.38. The van der Waals surface area contributed by atoms with Gasteiger partial charge in [-0.3, -0.25) is 0 Å². The van der Waals surface area contributed by atoms with Crippen LogP contribution in [0.1, 0.15) is 5.56 Å². The van der Waals surface area contributed by atoms with Gasteiger partial charge in [-0.25, -0.2) is 4.39 Å². The molecule has 0 aliphatic heterocycles. The summed E-state index contributed by atoms with van der Waals surface area (Å²) in [5.41, 5.74) is 0.771. The Balaban J connectivity index is 3.05. The molecule has 0 radical (unpaired) electrons. The molecular formula is C9H10BrFO2. The maximum absolute atomic E-state index is 13.2. The molecule has 1 aromatic carbocycles. The van der Waals surface area contributed by atoms with Crippen molar-refractivity contribution in [3.63, 3.8) is 0 Å². The van der Waals surface area contributed by atoms with Crippen LogP contribution in [0.4, 0.5) is 4.39 Å². The summed E-state index contributed by atoms with van der Waals surface area (Å²) in [4.78, 5) is 0. The zero-order valence-corrected chi connectivity index (χ0v) is 9.02. The Morgan fingerprint density at radius 1 is 1.38 bits per heavy atom. The Kier molecular flexibility index (Phi) is 3.69. The standard InChI is InChI=1S/C9H10BrFO2/c1-12-5-6-3-7(10)9(13-2)8(11)4-6/h3-4H,5H2,1-2H3. The van der Waals surface area contributed by atoms with Crippen molar-refractivity contribution < 1.29 is 13.9 Å². The van der Waals surface area contributed by atoms with Crippen molar-refractivity contribution >= 4 is 15.9 Å². The van der Waals surface area contributed by atoms with Gasteiger partial charge >= 0.3 is 0 Å². The summed E-state index contributed by atoms with van der Waals surface area (Å²) in [6, 6.07) is 3.17. The molecule has 0 saturated carbocycles. The molecule has 2 nitrogen and oxygen atoms in total. The Morgan fingerprint density at radius 3 is 2.54 bits per heavy atom. The highest BCUT2D eigenvalue weighted by Crippen LogP contribution is 2.29. The third kappa shape index (κ3) is 2.42. The normalized spacial score (nSPS) is 10.2. The number of ether oxygens (including phenoxy) is 2. The van der Waals surface area contributed by atoms with Gasteiger partial charge in [0.05, 0.1) is 18.2 Å². The van der Waals surface area contributed by atoms with E-state index >= 15 is 0 Å². The van der Waals surface area contributed by atoms with Crippen molar-refractivity contribution in [2.45, 2.75) is 6.61 Å². The zero-order valence-electron chi connectivity index (χ0n) is 7.43. The summed E-state index contributed by atoms with van der Waals surface area (Å²) in [6.45, 7) is 0.388. The van der Waals surface area contributed by atoms with Gasteiger partial charge < -0.3 is 9.47 Å². The summed E-state index contributed by atoms with van der Waals surface area (Å²) in [7, 11) is 3.00. The number of methoxy groups -OCH3 is 2. The van der Waals surface area contributed by atoms with Gasteiger partial charge in [0.2, 0.25) is 0 Å². The van der Waals surface area contributed by atoms with E-state index in [0.717, 1.165) is 5.56 Å². The first-order valence-electron chi connectivity index (χ1n) is 3.70. The minimum atomic E-state index is -0.385. The molecule has 0 unspecified atom stereocenters. The molecule has 0 aromatic heterocycles. The maximum atomic E-state index is 13.2. The van der Waals surface area contributed by atoms with Crippen LogP contribution in [0.5, 0.6) is 5.75 Å². The summed E-state index contributed by atoms with van der Waals surface area (Å²) in [6.07, 6.45) is 0. The molecule has 1 rings (SSSR count). The largest absolute Gasteiger partial charge is 0.492 e. The molecule has 0 N–H and O–H groups in total. The van der Waals surface area contributed by atoms with Gasteiger partial charge in [-0.15, -0.1) is 0 Å². The van der Waals surface area contributed by atoms with Crippen LogP contribution in [0.15, 0.2) is 16.6 Å². The van der Waals surface area contributed by atoms with E-state index in [2.05, 4.69) is 15.9 Å². The fraction of sp³-hybridized carbons (Fsp3) is 0.333. The number of hydrogen-bond acceptors (Lipinski definition) is 2. The van der Waals surface area contributed by atoms with E-state index in [4.69, 9.17) is 9.47 Å². The zero-order chi connectivity index (χ0) is 9.84. The third-order valence-electron chi connectivity index (χ3n) is 1.57. The van der Waals surface area contributed by atoms with Crippen LogP contribution >= 0.6 is 15.9 Å². The number of benzene rings is 1. The van der Waals surface area contributed by atoms with Crippen molar-refractivity contribution in [2.75, 3.05) is 14.2 Å². The van der Waals surface area contributed by atoms with Crippen LogP contribution in [0.3, 0.4) is 0 Å².